The van der Waals surface area contributed by atoms with Crippen LogP contribution in [0.4, 0.5) is 6.01 Å². The minimum Gasteiger partial charge on any atom is -0.408 e. The van der Waals surface area contributed by atoms with Gasteiger partial charge in [0.05, 0.1) is 11.4 Å². The molecular weight excluding hydrogens is 290 g/mol. The molecule has 0 aliphatic heterocycles. The molecule has 0 aliphatic carbocycles. The first-order chi connectivity index (χ1) is 10.9. The van der Waals surface area contributed by atoms with E-state index in [-0.39, 0.29) is 5.41 Å². The standard InChI is InChI=1S/C17H21N5O/c1-12-13(11-22(21-12)14-8-6-5-7-9-14)10-18-16-20-19-15(23-16)17(2,3)4/h5-9,11H,10H2,1-4H3,(H,18,20). The van der Waals surface area contributed by atoms with Gasteiger partial charge in [-0.05, 0) is 19.1 Å². The second-order valence-electron chi connectivity index (χ2n) is 6.54. The first-order valence-corrected chi connectivity index (χ1v) is 7.62. The van der Waals surface area contributed by atoms with Crippen LogP contribution in [0.3, 0.4) is 0 Å². The fourth-order valence-electron chi connectivity index (χ4n) is 2.15. The molecule has 6 heteroatoms. The smallest absolute Gasteiger partial charge is 0.315 e. The first kappa shape index (κ1) is 15.3. The molecule has 0 bridgehead atoms. The molecule has 0 aliphatic rings. The molecule has 2 heterocycles. The largest absolute Gasteiger partial charge is 0.408 e. The number of benzene rings is 1. The van der Waals surface area contributed by atoms with E-state index in [1.54, 1.807) is 0 Å². The van der Waals surface area contributed by atoms with Gasteiger partial charge < -0.3 is 9.73 Å². The van der Waals surface area contributed by atoms with Crippen LogP contribution in [-0.4, -0.2) is 20.0 Å². The summed E-state index contributed by atoms with van der Waals surface area (Å²) in [6, 6.07) is 10.5. The van der Waals surface area contributed by atoms with Crippen molar-refractivity contribution in [3.63, 3.8) is 0 Å². The van der Waals surface area contributed by atoms with Gasteiger partial charge in [-0.15, -0.1) is 5.10 Å². The zero-order valence-corrected chi connectivity index (χ0v) is 13.9. The molecule has 23 heavy (non-hydrogen) atoms. The van der Waals surface area contributed by atoms with Gasteiger partial charge in [0.1, 0.15) is 0 Å². The Hall–Kier alpha value is -2.63. The van der Waals surface area contributed by atoms with Gasteiger partial charge >= 0.3 is 6.01 Å². The van der Waals surface area contributed by atoms with Gasteiger partial charge in [0, 0.05) is 23.7 Å². The Labute approximate surface area is 135 Å². The fraction of sp³-hybridized carbons (Fsp3) is 0.353. The third-order valence-corrected chi connectivity index (χ3v) is 3.52. The van der Waals surface area contributed by atoms with Crippen molar-refractivity contribution in [3.8, 4) is 5.69 Å². The molecule has 1 N–H and O–H groups in total. The lowest BCUT2D eigenvalue weighted by atomic mass is 9.97. The average molecular weight is 311 g/mol. The number of rotatable bonds is 4. The summed E-state index contributed by atoms with van der Waals surface area (Å²) < 4.78 is 7.52. The maximum Gasteiger partial charge on any atom is 0.315 e. The number of nitrogens with one attached hydrogen (secondary N) is 1. The molecule has 6 nitrogen and oxygen atoms in total. The summed E-state index contributed by atoms with van der Waals surface area (Å²) in [6.45, 7) is 8.70. The van der Waals surface area contributed by atoms with Crippen molar-refractivity contribution in [1.29, 1.82) is 0 Å². The fourth-order valence-corrected chi connectivity index (χ4v) is 2.15. The van der Waals surface area contributed by atoms with E-state index in [4.69, 9.17) is 4.42 Å². The van der Waals surface area contributed by atoms with Crippen molar-refractivity contribution in [2.75, 3.05) is 5.32 Å². The summed E-state index contributed by atoms with van der Waals surface area (Å²) in [5.74, 6) is 0.622. The minimum absolute atomic E-state index is 0.152. The maximum atomic E-state index is 5.64. The predicted octanol–water partition coefficient (Wildman–Crippen LogP) is 3.47. The third-order valence-electron chi connectivity index (χ3n) is 3.52. The van der Waals surface area contributed by atoms with E-state index < -0.39 is 0 Å². The van der Waals surface area contributed by atoms with Gasteiger partial charge in [-0.25, -0.2) is 4.68 Å². The van der Waals surface area contributed by atoms with Crippen molar-refractivity contribution in [1.82, 2.24) is 20.0 Å². The highest BCUT2D eigenvalue weighted by Crippen LogP contribution is 2.22. The number of hydrogen-bond donors (Lipinski definition) is 1. The molecule has 0 fully saturated rings. The highest BCUT2D eigenvalue weighted by molar-refractivity contribution is 5.33. The lowest BCUT2D eigenvalue weighted by molar-refractivity contribution is 0.399. The second-order valence-corrected chi connectivity index (χ2v) is 6.54. The molecule has 0 unspecified atom stereocenters. The Morgan fingerprint density at radius 2 is 1.87 bits per heavy atom. The van der Waals surface area contributed by atoms with E-state index in [0.717, 1.165) is 16.9 Å². The summed E-state index contributed by atoms with van der Waals surface area (Å²) >= 11 is 0. The van der Waals surface area contributed by atoms with Crippen LogP contribution in [0.1, 0.15) is 37.9 Å². The molecule has 120 valence electrons. The van der Waals surface area contributed by atoms with Crippen molar-refractivity contribution in [2.24, 2.45) is 0 Å². The van der Waals surface area contributed by atoms with Gasteiger partial charge in [0.2, 0.25) is 5.89 Å². The third kappa shape index (κ3) is 3.41. The average Bonchev–Trinajstić information content (AvgIpc) is 3.12. The number of aryl methyl sites for hydroxylation is 1. The molecule has 0 amide bonds. The lowest BCUT2D eigenvalue weighted by Gasteiger charge is -2.10. The van der Waals surface area contributed by atoms with E-state index in [1.165, 1.54) is 0 Å². The molecule has 0 radical (unpaired) electrons. The molecule has 0 atom stereocenters. The minimum atomic E-state index is -0.152. The van der Waals surface area contributed by atoms with Crippen LogP contribution in [-0.2, 0) is 12.0 Å². The Kier molecular flexibility index (Phi) is 3.90. The molecule has 1 aromatic carbocycles. The van der Waals surface area contributed by atoms with E-state index in [2.05, 4.69) is 20.6 Å². The summed E-state index contributed by atoms with van der Waals surface area (Å²) in [4.78, 5) is 0. The highest BCUT2D eigenvalue weighted by Gasteiger charge is 2.21. The first-order valence-electron chi connectivity index (χ1n) is 7.62. The highest BCUT2D eigenvalue weighted by atomic mass is 16.4. The zero-order valence-electron chi connectivity index (χ0n) is 13.9. The Morgan fingerprint density at radius 1 is 1.13 bits per heavy atom. The van der Waals surface area contributed by atoms with Gasteiger partial charge in [-0.1, -0.05) is 44.1 Å². The van der Waals surface area contributed by atoms with Crippen LogP contribution >= 0.6 is 0 Å². The molecule has 0 spiro atoms. The van der Waals surface area contributed by atoms with Gasteiger partial charge in [-0.3, -0.25) is 0 Å². The number of aromatic nitrogens is 4. The molecular formula is C17H21N5O. The van der Waals surface area contributed by atoms with Crippen LogP contribution in [0.25, 0.3) is 5.69 Å². The van der Waals surface area contributed by atoms with Crippen molar-refractivity contribution in [3.05, 3.63) is 53.7 Å². The second kappa shape index (κ2) is 5.87. The van der Waals surface area contributed by atoms with E-state index in [0.29, 0.717) is 18.5 Å². The number of para-hydroxylation sites is 1. The number of anilines is 1. The number of hydrogen-bond acceptors (Lipinski definition) is 5. The number of nitrogens with zero attached hydrogens (tertiary/aromatic N) is 4. The normalized spacial score (nSPS) is 11.7. The summed E-state index contributed by atoms with van der Waals surface area (Å²) in [6.07, 6.45) is 2.01. The molecule has 3 aromatic rings. The molecule has 3 rings (SSSR count). The van der Waals surface area contributed by atoms with E-state index in [1.807, 2.05) is 68.9 Å². The SMILES string of the molecule is Cc1nn(-c2ccccc2)cc1CNc1nnc(C(C)(C)C)o1. The van der Waals surface area contributed by atoms with Crippen LogP contribution in [0.15, 0.2) is 40.9 Å². The molecule has 2 aromatic heterocycles. The van der Waals surface area contributed by atoms with Crippen molar-refractivity contribution in [2.45, 2.75) is 39.7 Å². The van der Waals surface area contributed by atoms with Crippen molar-refractivity contribution >= 4 is 6.01 Å². The van der Waals surface area contributed by atoms with Crippen molar-refractivity contribution < 1.29 is 4.42 Å². The van der Waals surface area contributed by atoms with Crippen LogP contribution in [0.5, 0.6) is 0 Å². The maximum absolute atomic E-state index is 5.64. The summed E-state index contributed by atoms with van der Waals surface area (Å²) in [5, 5.41) is 15.8. The molecule has 0 saturated carbocycles. The predicted molar refractivity (Wildman–Crippen MR) is 88.6 cm³/mol. The van der Waals surface area contributed by atoms with Crippen LogP contribution in [0, 0.1) is 6.92 Å². The van der Waals surface area contributed by atoms with Gasteiger partial charge in [0.15, 0.2) is 0 Å². The van der Waals surface area contributed by atoms with Crippen LogP contribution in [0.2, 0.25) is 0 Å². The Balaban J connectivity index is 1.72. The van der Waals surface area contributed by atoms with Gasteiger partial charge in [0.25, 0.3) is 0 Å². The topological polar surface area (TPSA) is 68.8 Å². The lowest BCUT2D eigenvalue weighted by Crippen LogP contribution is -2.11. The van der Waals surface area contributed by atoms with Crippen LogP contribution < -0.4 is 5.32 Å². The van der Waals surface area contributed by atoms with Gasteiger partial charge in [-0.2, -0.15) is 5.10 Å². The Morgan fingerprint density at radius 3 is 2.52 bits per heavy atom. The van der Waals surface area contributed by atoms with E-state index >= 15 is 0 Å². The Bertz CT molecular complexity index is 783. The monoisotopic (exact) mass is 311 g/mol. The summed E-state index contributed by atoms with van der Waals surface area (Å²) in [7, 11) is 0. The molecule has 0 saturated heterocycles. The summed E-state index contributed by atoms with van der Waals surface area (Å²) in [5.41, 5.74) is 2.94. The quantitative estimate of drug-likeness (QED) is 0.799. The van der Waals surface area contributed by atoms with E-state index in [9.17, 15) is 0 Å². The zero-order chi connectivity index (χ0) is 16.4.